The first kappa shape index (κ1) is 7.08. The Balaban J connectivity index is 3.02. The zero-order chi connectivity index (χ0) is 4.50. The van der Waals surface area contributed by atoms with Gasteiger partial charge in [-0.2, -0.15) is 0 Å². The molecule has 0 saturated carbocycles. The summed E-state index contributed by atoms with van der Waals surface area (Å²) in [5.74, 6) is 0. The second-order valence-electron chi connectivity index (χ2n) is 0.781. The Morgan fingerprint density at radius 2 is 1.20 bits per heavy atom. The zero-order valence-corrected chi connectivity index (χ0v) is 11.6. The van der Waals surface area contributed by atoms with E-state index in [1.165, 1.54) is 0 Å². The van der Waals surface area contributed by atoms with E-state index in [4.69, 9.17) is 0 Å². The van der Waals surface area contributed by atoms with Crippen LogP contribution in [0.3, 0.4) is 0 Å². The van der Waals surface area contributed by atoms with Crippen molar-refractivity contribution in [3.63, 3.8) is 0 Å². The molecule has 0 bridgehead atoms. The molecular weight excluding hydrogens is 321 g/mol. The third kappa shape index (κ3) is 23.4. The van der Waals surface area contributed by atoms with E-state index in [0.29, 0.717) is 0 Å². The predicted octanol–water partition coefficient (Wildman–Crippen LogP) is 1.42. The van der Waals surface area contributed by atoms with Gasteiger partial charge in [-0.25, -0.2) is 0 Å². The average Bonchev–Trinajstić information content (AvgIpc) is 0.722. The molecule has 0 N–H and O–H groups in total. The molecule has 0 aromatic rings. The Bertz CT molecular complexity index is 22.4. The fraction of sp³-hybridized carbons (Fsp3) is 1.00. The van der Waals surface area contributed by atoms with Crippen LogP contribution in [0.15, 0.2) is 0 Å². The number of hydrogen-bond donors (Lipinski definition) is 0. The predicted molar refractivity (Wildman–Crippen MR) is 38.1 cm³/mol. The zero-order valence-electron chi connectivity index (χ0n) is 2.63. The van der Waals surface area contributed by atoms with E-state index < -0.39 is 0 Å². The SMILES string of the molecule is [GaH2][C](Br)(Br)Br. The first-order valence-electron chi connectivity index (χ1n) is 1.07. The summed E-state index contributed by atoms with van der Waals surface area (Å²) in [7, 11) is 0. The molecule has 0 spiro atoms. The number of halogens is 3. The van der Waals surface area contributed by atoms with Gasteiger partial charge in [-0.1, -0.05) is 0 Å². The van der Waals surface area contributed by atoms with Crippen molar-refractivity contribution in [2.24, 2.45) is 0 Å². The van der Waals surface area contributed by atoms with Gasteiger partial charge >= 0.3 is 67.1 Å². The van der Waals surface area contributed by atoms with Gasteiger partial charge in [0.05, 0.1) is 0 Å². The minimum absolute atomic E-state index is 0.125. The maximum atomic E-state index is 3.29. The summed E-state index contributed by atoms with van der Waals surface area (Å²) in [5, 5.41) is 0. The Kier molecular flexibility index (Phi) is 3.40. The van der Waals surface area contributed by atoms with Crippen molar-refractivity contribution >= 4 is 66.4 Å². The van der Waals surface area contributed by atoms with Crippen molar-refractivity contribution in [3.8, 4) is 0 Å². The van der Waals surface area contributed by atoms with Gasteiger partial charge in [-0.05, 0) is 0 Å². The Morgan fingerprint density at radius 3 is 1.20 bits per heavy atom. The molecule has 0 saturated heterocycles. The molecule has 0 aromatic carbocycles. The first-order chi connectivity index (χ1) is 2.00. The number of alkyl halides is 3. The molecule has 4 heteroatoms. The van der Waals surface area contributed by atoms with Crippen LogP contribution in [0, 0.1) is 0 Å². The third-order valence-corrected chi connectivity index (χ3v) is 0. The van der Waals surface area contributed by atoms with Gasteiger partial charge in [-0.3, -0.25) is 0 Å². The van der Waals surface area contributed by atoms with E-state index in [-0.39, 0.29) is 0.697 Å². The van der Waals surface area contributed by atoms with Crippen molar-refractivity contribution in [1.29, 1.82) is 0 Å². The van der Waals surface area contributed by atoms with Crippen molar-refractivity contribution in [2.75, 3.05) is 0 Å². The van der Waals surface area contributed by atoms with Crippen molar-refractivity contribution < 1.29 is 0 Å². The summed E-state index contributed by atoms with van der Waals surface area (Å²) in [6.07, 6.45) is 0. The van der Waals surface area contributed by atoms with E-state index in [9.17, 15) is 0 Å². The van der Waals surface area contributed by atoms with Gasteiger partial charge in [0, 0.05) is 0 Å². The Labute approximate surface area is 66.4 Å². The van der Waals surface area contributed by atoms with E-state index in [1.54, 1.807) is 0 Å². The molecule has 5 heavy (non-hydrogen) atoms. The molecule has 0 aromatic heterocycles. The minimum atomic E-state index is 0.125. The van der Waals surface area contributed by atoms with Crippen LogP contribution in [0.25, 0.3) is 0 Å². The second kappa shape index (κ2) is 2.40. The van der Waals surface area contributed by atoms with E-state index >= 15 is 0 Å². The average molecular weight is 323 g/mol. The third-order valence-electron chi connectivity index (χ3n) is 0. The molecular formula is CH2Br3Ga. The molecule has 0 heterocycles. The fourth-order valence-corrected chi connectivity index (χ4v) is 0. The normalized spacial score (nSPS) is 11.8. The summed E-state index contributed by atoms with van der Waals surface area (Å²) < 4.78 is 0.125. The molecule has 0 rings (SSSR count). The van der Waals surface area contributed by atoms with Gasteiger partial charge in [-0.15, -0.1) is 0 Å². The van der Waals surface area contributed by atoms with Crippen molar-refractivity contribution in [1.82, 2.24) is 0 Å². The molecule has 0 fully saturated rings. The van der Waals surface area contributed by atoms with E-state index in [0.717, 1.165) is 18.6 Å². The Morgan fingerprint density at radius 1 is 1.20 bits per heavy atom. The standard InChI is InChI=1S/CBr3.Ga.2H/c2-1(3)4;;;. The molecule has 0 aliphatic rings. The van der Waals surface area contributed by atoms with Gasteiger partial charge in [0.2, 0.25) is 0 Å². The molecule has 0 unspecified atom stereocenters. The quantitative estimate of drug-likeness (QED) is 0.467. The summed E-state index contributed by atoms with van der Waals surface area (Å²) in [6.45, 7) is 0. The first-order valence-corrected chi connectivity index (χ1v) is 5.54. The van der Waals surface area contributed by atoms with E-state index in [2.05, 4.69) is 47.8 Å². The molecule has 0 aliphatic heterocycles. The van der Waals surface area contributed by atoms with Gasteiger partial charge in [0.25, 0.3) is 0 Å². The van der Waals surface area contributed by atoms with Crippen LogP contribution in [0.2, 0.25) is 0 Å². The molecule has 0 aliphatic carbocycles. The number of hydrogen-bond acceptors (Lipinski definition) is 0. The summed E-state index contributed by atoms with van der Waals surface area (Å²) >= 11 is 10.6. The topological polar surface area (TPSA) is 0 Å². The van der Waals surface area contributed by atoms with Crippen LogP contribution in [0.1, 0.15) is 0 Å². The molecule has 0 amide bonds. The monoisotopic (exact) mass is 320 g/mol. The maximum absolute atomic E-state index is 3.29. The van der Waals surface area contributed by atoms with E-state index in [1.807, 2.05) is 0 Å². The molecule has 0 nitrogen and oxygen atoms in total. The van der Waals surface area contributed by atoms with Gasteiger partial charge in [0.15, 0.2) is 0 Å². The summed E-state index contributed by atoms with van der Waals surface area (Å²) in [6, 6.07) is 0. The van der Waals surface area contributed by atoms with Crippen molar-refractivity contribution in [3.05, 3.63) is 0 Å². The van der Waals surface area contributed by atoms with Crippen LogP contribution >= 0.6 is 47.8 Å². The fourth-order valence-electron chi connectivity index (χ4n) is 0. The van der Waals surface area contributed by atoms with Crippen LogP contribution in [0.5, 0.6) is 0 Å². The Hall–Kier alpha value is 2.08. The van der Waals surface area contributed by atoms with Crippen LogP contribution in [-0.2, 0) is 0 Å². The molecule has 0 atom stereocenters. The second-order valence-corrected chi connectivity index (χ2v) is 21.1. The van der Waals surface area contributed by atoms with Crippen LogP contribution in [0.4, 0.5) is 0 Å². The van der Waals surface area contributed by atoms with Crippen LogP contribution < -0.4 is 0 Å². The van der Waals surface area contributed by atoms with Crippen molar-refractivity contribution in [2.45, 2.75) is 0.697 Å². The molecule has 0 radical (unpaired) electrons. The van der Waals surface area contributed by atoms with Crippen LogP contribution in [-0.4, -0.2) is 19.3 Å². The summed E-state index contributed by atoms with van der Waals surface area (Å²) in [4.78, 5) is 0. The summed E-state index contributed by atoms with van der Waals surface area (Å²) in [5.41, 5.74) is 0. The number of rotatable bonds is 0. The van der Waals surface area contributed by atoms with Gasteiger partial charge in [0.1, 0.15) is 0 Å². The van der Waals surface area contributed by atoms with Gasteiger partial charge < -0.3 is 0 Å². The molecule has 30 valence electrons.